The molecule has 0 fully saturated rings. The fraction of sp³-hybridized carbons (Fsp3) is 0.471. The Kier molecular flexibility index (Phi) is 5.15. The summed E-state index contributed by atoms with van der Waals surface area (Å²) < 4.78 is 0. The van der Waals surface area contributed by atoms with Crippen molar-refractivity contribution in [3.05, 3.63) is 35.4 Å². The summed E-state index contributed by atoms with van der Waals surface area (Å²) in [5.74, 6) is -1.26. The van der Waals surface area contributed by atoms with E-state index < -0.39 is 17.9 Å². The van der Waals surface area contributed by atoms with Crippen molar-refractivity contribution in [3.8, 4) is 0 Å². The molecular weight excluding hydrogens is 294 g/mol. The van der Waals surface area contributed by atoms with Crippen molar-refractivity contribution in [2.24, 2.45) is 5.92 Å². The highest BCUT2D eigenvalue weighted by Gasteiger charge is 2.43. The first kappa shape index (κ1) is 17.1. The van der Waals surface area contributed by atoms with E-state index in [2.05, 4.69) is 5.32 Å². The molecule has 1 unspecified atom stereocenters. The molecule has 6 nitrogen and oxygen atoms in total. The van der Waals surface area contributed by atoms with E-state index in [-0.39, 0.29) is 11.8 Å². The van der Waals surface area contributed by atoms with Gasteiger partial charge >= 0.3 is 0 Å². The van der Waals surface area contributed by atoms with Crippen molar-refractivity contribution < 1.29 is 14.4 Å². The van der Waals surface area contributed by atoms with Gasteiger partial charge in [0.25, 0.3) is 11.8 Å². The van der Waals surface area contributed by atoms with Crippen LogP contribution in [0.1, 0.15) is 34.6 Å². The van der Waals surface area contributed by atoms with E-state index in [1.165, 1.54) is 0 Å². The van der Waals surface area contributed by atoms with Crippen LogP contribution in [0.5, 0.6) is 0 Å². The minimum Gasteiger partial charge on any atom is -0.353 e. The van der Waals surface area contributed by atoms with Crippen LogP contribution in [0.25, 0.3) is 0 Å². The molecule has 0 saturated heterocycles. The summed E-state index contributed by atoms with van der Waals surface area (Å²) in [5.41, 5.74) is 0.730. The second kappa shape index (κ2) is 6.91. The molecule has 124 valence electrons. The van der Waals surface area contributed by atoms with Gasteiger partial charge in [-0.2, -0.15) is 0 Å². The second-order valence-electron chi connectivity index (χ2n) is 6.31. The molecule has 0 spiro atoms. The summed E-state index contributed by atoms with van der Waals surface area (Å²) in [4.78, 5) is 40.7. The summed E-state index contributed by atoms with van der Waals surface area (Å²) in [5, 5.41) is 2.81. The number of carbonyl (C=O) groups excluding carboxylic acids is 3. The maximum Gasteiger partial charge on any atom is 0.262 e. The quantitative estimate of drug-likeness (QED) is 0.794. The summed E-state index contributed by atoms with van der Waals surface area (Å²) in [6.07, 6.45) is 0. The van der Waals surface area contributed by atoms with Gasteiger partial charge in [0.05, 0.1) is 11.1 Å². The van der Waals surface area contributed by atoms with Crippen LogP contribution in [0.3, 0.4) is 0 Å². The number of carbonyl (C=O) groups is 3. The number of amides is 3. The highest BCUT2D eigenvalue weighted by Crippen LogP contribution is 2.27. The number of rotatable bonds is 6. The Morgan fingerprint density at radius 2 is 1.65 bits per heavy atom. The molecule has 1 N–H and O–H groups in total. The van der Waals surface area contributed by atoms with Crippen LogP contribution in [-0.4, -0.2) is 60.7 Å². The largest absolute Gasteiger partial charge is 0.353 e. The molecule has 1 heterocycles. The standard InChI is InChI=1S/C17H23N3O3/c1-11(2)14(15(21)18-9-10-19(3)4)20-16(22)12-7-5-6-8-13(12)17(20)23/h5-8,11,14H,9-10H2,1-4H3,(H,18,21). The SMILES string of the molecule is CC(C)C(C(=O)NCCN(C)C)N1C(=O)c2ccccc2C1=O. The van der Waals surface area contributed by atoms with E-state index >= 15 is 0 Å². The lowest BCUT2D eigenvalue weighted by Gasteiger charge is -2.28. The van der Waals surface area contributed by atoms with Gasteiger partial charge in [0.2, 0.25) is 5.91 Å². The average Bonchev–Trinajstić information content (AvgIpc) is 2.73. The van der Waals surface area contributed by atoms with Gasteiger partial charge in [-0.25, -0.2) is 0 Å². The number of nitrogens with one attached hydrogen (secondary N) is 1. The van der Waals surface area contributed by atoms with Crippen molar-refractivity contribution in [3.63, 3.8) is 0 Å². The highest BCUT2D eigenvalue weighted by molar-refractivity contribution is 6.22. The summed E-state index contributed by atoms with van der Waals surface area (Å²) >= 11 is 0. The predicted octanol–water partition coefficient (Wildman–Crippen LogP) is 0.985. The van der Waals surface area contributed by atoms with E-state index in [0.29, 0.717) is 24.2 Å². The van der Waals surface area contributed by atoms with Gasteiger partial charge in [0, 0.05) is 13.1 Å². The van der Waals surface area contributed by atoms with Gasteiger partial charge in [0.1, 0.15) is 6.04 Å². The van der Waals surface area contributed by atoms with E-state index in [1.54, 1.807) is 24.3 Å². The van der Waals surface area contributed by atoms with E-state index in [0.717, 1.165) is 4.90 Å². The van der Waals surface area contributed by atoms with Crippen LogP contribution in [-0.2, 0) is 4.79 Å². The normalized spacial score (nSPS) is 15.3. The van der Waals surface area contributed by atoms with Crippen molar-refractivity contribution >= 4 is 17.7 Å². The van der Waals surface area contributed by atoms with Crippen LogP contribution >= 0.6 is 0 Å². The lowest BCUT2D eigenvalue weighted by atomic mass is 10.0. The average molecular weight is 317 g/mol. The van der Waals surface area contributed by atoms with Crippen LogP contribution in [0.4, 0.5) is 0 Å². The van der Waals surface area contributed by atoms with Crippen LogP contribution < -0.4 is 5.32 Å². The molecule has 0 aromatic heterocycles. The van der Waals surface area contributed by atoms with E-state index in [9.17, 15) is 14.4 Å². The maximum absolute atomic E-state index is 12.6. The number of benzene rings is 1. The number of nitrogens with zero attached hydrogens (tertiary/aromatic N) is 2. The van der Waals surface area contributed by atoms with Gasteiger partial charge < -0.3 is 10.2 Å². The van der Waals surface area contributed by atoms with Gasteiger partial charge in [-0.15, -0.1) is 0 Å². The Morgan fingerprint density at radius 1 is 1.13 bits per heavy atom. The van der Waals surface area contributed by atoms with Gasteiger partial charge in [0.15, 0.2) is 0 Å². The first-order valence-corrected chi connectivity index (χ1v) is 7.74. The molecule has 1 aromatic rings. The number of hydrogen-bond donors (Lipinski definition) is 1. The zero-order valence-electron chi connectivity index (χ0n) is 14.0. The number of imide groups is 1. The third-order valence-electron chi connectivity index (χ3n) is 3.86. The zero-order valence-corrected chi connectivity index (χ0v) is 14.0. The summed E-state index contributed by atoms with van der Waals surface area (Å²) in [6, 6.07) is 5.88. The monoisotopic (exact) mass is 317 g/mol. The lowest BCUT2D eigenvalue weighted by Crippen LogP contribution is -2.53. The van der Waals surface area contributed by atoms with Gasteiger partial charge in [-0.05, 0) is 32.1 Å². The van der Waals surface area contributed by atoms with E-state index in [4.69, 9.17) is 0 Å². The fourth-order valence-electron chi connectivity index (χ4n) is 2.69. The van der Waals surface area contributed by atoms with Crippen LogP contribution in [0.2, 0.25) is 0 Å². The number of hydrogen-bond acceptors (Lipinski definition) is 4. The van der Waals surface area contributed by atoms with Gasteiger partial charge in [-0.1, -0.05) is 26.0 Å². The molecule has 1 aromatic carbocycles. The first-order valence-electron chi connectivity index (χ1n) is 7.74. The summed E-state index contributed by atoms with van der Waals surface area (Å²) in [6.45, 7) is 4.83. The van der Waals surface area contributed by atoms with Crippen molar-refractivity contribution in [1.29, 1.82) is 0 Å². The molecule has 1 aliphatic heterocycles. The molecular formula is C17H23N3O3. The third kappa shape index (κ3) is 3.42. The molecule has 0 bridgehead atoms. The third-order valence-corrected chi connectivity index (χ3v) is 3.86. The molecule has 0 radical (unpaired) electrons. The number of fused-ring (bicyclic) bond motifs is 1. The minimum atomic E-state index is -0.801. The summed E-state index contributed by atoms with van der Waals surface area (Å²) in [7, 11) is 3.83. The molecule has 6 heteroatoms. The molecule has 3 amide bonds. The number of likely N-dealkylation sites (N-methyl/N-ethyl adjacent to an activating group) is 1. The Balaban J connectivity index is 2.21. The lowest BCUT2D eigenvalue weighted by molar-refractivity contribution is -0.126. The first-order chi connectivity index (χ1) is 10.8. The topological polar surface area (TPSA) is 69.7 Å². The van der Waals surface area contributed by atoms with Crippen LogP contribution in [0, 0.1) is 5.92 Å². The van der Waals surface area contributed by atoms with Crippen molar-refractivity contribution in [2.75, 3.05) is 27.2 Å². The zero-order chi connectivity index (χ0) is 17.1. The van der Waals surface area contributed by atoms with E-state index in [1.807, 2.05) is 32.8 Å². The Labute approximate surface area is 136 Å². The van der Waals surface area contributed by atoms with Crippen molar-refractivity contribution in [1.82, 2.24) is 15.1 Å². The minimum absolute atomic E-state index is 0.170. The molecule has 23 heavy (non-hydrogen) atoms. The Bertz CT molecular complexity index is 590. The maximum atomic E-state index is 12.6. The fourth-order valence-corrected chi connectivity index (χ4v) is 2.69. The Hall–Kier alpha value is -2.21. The molecule has 2 rings (SSSR count). The molecule has 1 atom stereocenters. The van der Waals surface area contributed by atoms with Gasteiger partial charge in [-0.3, -0.25) is 19.3 Å². The smallest absolute Gasteiger partial charge is 0.262 e. The Morgan fingerprint density at radius 3 is 2.09 bits per heavy atom. The predicted molar refractivity (Wildman–Crippen MR) is 87.1 cm³/mol. The van der Waals surface area contributed by atoms with Crippen molar-refractivity contribution in [2.45, 2.75) is 19.9 Å². The highest BCUT2D eigenvalue weighted by atomic mass is 16.2. The molecule has 0 saturated carbocycles. The van der Waals surface area contributed by atoms with Crippen LogP contribution in [0.15, 0.2) is 24.3 Å². The molecule has 1 aliphatic rings. The second-order valence-corrected chi connectivity index (χ2v) is 6.31. The molecule has 0 aliphatic carbocycles.